The quantitative estimate of drug-likeness (QED) is 0.857. The van der Waals surface area contributed by atoms with Crippen LogP contribution in [0.1, 0.15) is 42.6 Å². The van der Waals surface area contributed by atoms with Gasteiger partial charge in [-0.05, 0) is 55.9 Å². The third-order valence-electron chi connectivity index (χ3n) is 4.89. The first-order valence-corrected chi connectivity index (χ1v) is 8.57. The van der Waals surface area contributed by atoms with E-state index in [1.54, 1.807) is 30.1 Å². The zero-order valence-corrected chi connectivity index (χ0v) is 14.5. The fourth-order valence-corrected chi connectivity index (χ4v) is 3.13. The summed E-state index contributed by atoms with van der Waals surface area (Å²) in [5, 5.41) is 4.39. The van der Waals surface area contributed by atoms with Crippen LogP contribution < -0.4 is 5.56 Å². The number of amides is 1. The van der Waals surface area contributed by atoms with Crippen molar-refractivity contribution in [1.29, 1.82) is 0 Å². The van der Waals surface area contributed by atoms with Crippen molar-refractivity contribution in [3.63, 3.8) is 0 Å². The molecule has 0 saturated heterocycles. The van der Waals surface area contributed by atoms with E-state index in [1.165, 1.54) is 16.8 Å². The van der Waals surface area contributed by atoms with Gasteiger partial charge >= 0.3 is 0 Å². The van der Waals surface area contributed by atoms with Gasteiger partial charge < -0.3 is 4.90 Å². The first kappa shape index (κ1) is 17.3. The lowest BCUT2D eigenvalue weighted by molar-refractivity contribution is -0.132. The van der Waals surface area contributed by atoms with Gasteiger partial charge in [0.05, 0.1) is 11.7 Å². The van der Waals surface area contributed by atoms with Crippen molar-refractivity contribution < 1.29 is 9.18 Å². The van der Waals surface area contributed by atoms with Crippen LogP contribution in [0.2, 0.25) is 0 Å². The number of hydrogen-bond donors (Lipinski definition) is 0. The first-order valence-electron chi connectivity index (χ1n) is 8.57. The van der Waals surface area contributed by atoms with Crippen molar-refractivity contribution in [2.24, 2.45) is 0 Å². The molecule has 0 spiro atoms. The molecule has 0 bridgehead atoms. The average molecular weight is 343 g/mol. The fraction of sp³-hybridized carbons (Fsp3) is 0.421. The molecule has 1 atom stereocenters. The fourth-order valence-electron chi connectivity index (χ4n) is 3.13. The van der Waals surface area contributed by atoms with Gasteiger partial charge in [0.2, 0.25) is 5.91 Å². The summed E-state index contributed by atoms with van der Waals surface area (Å²) in [4.78, 5) is 26.3. The van der Waals surface area contributed by atoms with E-state index in [1.807, 2.05) is 6.92 Å². The molecule has 6 heteroatoms. The Morgan fingerprint density at radius 2 is 1.96 bits per heavy atom. The number of halogens is 1. The molecule has 0 aliphatic heterocycles. The standard InChI is InChI=1S/C19H22FN3O2/c1-13(14-7-9-16(20)10-8-14)22(2)19(25)12-23-18(24)11-15-5-3-4-6-17(15)21-23/h7-11,13H,3-6,12H2,1-2H3. The van der Waals surface area contributed by atoms with E-state index in [4.69, 9.17) is 0 Å². The Morgan fingerprint density at radius 1 is 1.28 bits per heavy atom. The van der Waals surface area contributed by atoms with Crippen LogP contribution in [0.15, 0.2) is 35.1 Å². The lowest BCUT2D eigenvalue weighted by atomic mass is 9.97. The Morgan fingerprint density at radius 3 is 2.68 bits per heavy atom. The number of carbonyl (C=O) groups is 1. The zero-order valence-electron chi connectivity index (χ0n) is 14.5. The summed E-state index contributed by atoms with van der Waals surface area (Å²) in [5.74, 6) is -0.517. The molecule has 1 amide bonds. The highest BCUT2D eigenvalue weighted by Crippen LogP contribution is 2.20. The van der Waals surface area contributed by atoms with Gasteiger partial charge in [-0.15, -0.1) is 0 Å². The van der Waals surface area contributed by atoms with Gasteiger partial charge in [-0.3, -0.25) is 9.59 Å². The summed E-state index contributed by atoms with van der Waals surface area (Å²) in [6.45, 7) is 1.78. The second-order valence-corrected chi connectivity index (χ2v) is 6.55. The summed E-state index contributed by atoms with van der Waals surface area (Å²) in [6, 6.07) is 7.46. The molecule has 1 heterocycles. The lowest BCUT2D eigenvalue weighted by Crippen LogP contribution is -2.37. The zero-order chi connectivity index (χ0) is 18.0. The molecule has 1 unspecified atom stereocenters. The largest absolute Gasteiger partial charge is 0.337 e. The topological polar surface area (TPSA) is 55.2 Å². The predicted molar refractivity (Wildman–Crippen MR) is 92.7 cm³/mol. The summed E-state index contributed by atoms with van der Waals surface area (Å²) < 4.78 is 14.3. The van der Waals surface area contributed by atoms with Crippen LogP contribution in [-0.2, 0) is 24.2 Å². The Bertz CT molecular complexity index is 830. The van der Waals surface area contributed by atoms with Gasteiger partial charge in [0.25, 0.3) is 5.56 Å². The Labute approximate surface area is 146 Å². The minimum atomic E-state index is -0.310. The molecule has 1 aliphatic carbocycles. The molecule has 0 N–H and O–H groups in total. The highest BCUT2D eigenvalue weighted by Gasteiger charge is 2.20. The summed E-state index contributed by atoms with van der Waals surface area (Å²) in [5.41, 5.74) is 2.53. The summed E-state index contributed by atoms with van der Waals surface area (Å²) in [6.07, 6.45) is 3.88. The Hall–Kier alpha value is -2.50. The molecular formula is C19H22FN3O2. The number of aryl methyl sites for hydroxylation is 2. The van der Waals surface area contributed by atoms with Gasteiger partial charge in [-0.1, -0.05) is 12.1 Å². The van der Waals surface area contributed by atoms with E-state index < -0.39 is 0 Å². The average Bonchev–Trinajstić information content (AvgIpc) is 2.61. The van der Waals surface area contributed by atoms with E-state index in [-0.39, 0.29) is 29.9 Å². The second-order valence-electron chi connectivity index (χ2n) is 6.55. The van der Waals surface area contributed by atoms with Crippen molar-refractivity contribution in [3.05, 3.63) is 63.3 Å². The van der Waals surface area contributed by atoms with Gasteiger partial charge in [0, 0.05) is 13.1 Å². The Kier molecular flexibility index (Phi) is 4.97. The van der Waals surface area contributed by atoms with Crippen molar-refractivity contribution in [3.8, 4) is 0 Å². The molecular weight excluding hydrogens is 321 g/mol. The molecule has 25 heavy (non-hydrogen) atoms. The highest BCUT2D eigenvalue weighted by atomic mass is 19.1. The summed E-state index contributed by atoms with van der Waals surface area (Å²) >= 11 is 0. The first-order chi connectivity index (χ1) is 12.0. The van der Waals surface area contributed by atoms with E-state index in [9.17, 15) is 14.0 Å². The van der Waals surface area contributed by atoms with E-state index >= 15 is 0 Å². The molecule has 0 saturated carbocycles. The Balaban J connectivity index is 1.75. The van der Waals surface area contributed by atoms with E-state index in [2.05, 4.69) is 5.10 Å². The van der Waals surface area contributed by atoms with Crippen LogP contribution in [0, 0.1) is 5.82 Å². The molecule has 132 valence electrons. The normalized spacial score (nSPS) is 14.7. The monoisotopic (exact) mass is 343 g/mol. The van der Waals surface area contributed by atoms with Crippen LogP contribution in [0.5, 0.6) is 0 Å². The van der Waals surface area contributed by atoms with Gasteiger partial charge in [0.1, 0.15) is 12.4 Å². The third kappa shape index (κ3) is 3.78. The molecule has 0 fully saturated rings. The summed E-state index contributed by atoms with van der Waals surface area (Å²) in [7, 11) is 1.68. The number of aromatic nitrogens is 2. The van der Waals surface area contributed by atoms with Crippen LogP contribution in [-0.4, -0.2) is 27.6 Å². The molecule has 1 aromatic carbocycles. The van der Waals surface area contributed by atoms with E-state index in [0.717, 1.165) is 42.5 Å². The van der Waals surface area contributed by atoms with Crippen LogP contribution >= 0.6 is 0 Å². The lowest BCUT2D eigenvalue weighted by Gasteiger charge is -2.26. The van der Waals surface area contributed by atoms with Gasteiger partial charge in [-0.25, -0.2) is 9.07 Å². The minimum Gasteiger partial charge on any atom is -0.337 e. The minimum absolute atomic E-state index is 0.0891. The number of likely N-dealkylation sites (N-methyl/N-ethyl adjacent to an activating group) is 1. The van der Waals surface area contributed by atoms with Crippen molar-refractivity contribution >= 4 is 5.91 Å². The predicted octanol–water partition coefficient (Wildman–Crippen LogP) is 2.48. The number of carbonyl (C=O) groups excluding carboxylic acids is 1. The smallest absolute Gasteiger partial charge is 0.267 e. The number of benzene rings is 1. The molecule has 1 aromatic heterocycles. The second kappa shape index (κ2) is 7.17. The molecule has 5 nitrogen and oxygen atoms in total. The van der Waals surface area contributed by atoms with Gasteiger partial charge in [0.15, 0.2) is 0 Å². The number of fused-ring (bicyclic) bond motifs is 1. The van der Waals surface area contributed by atoms with Crippen molar-refractivity contribution in [1.82, 2.24) is 14.7 Å². The van der Waals surface area contributed by atoms with Crippen molar-refractivity contribution in [2.75, 3.05) is 7.05 Å². The molecule has 0 radical (unpaired) electrons. The maximum absolute atomic E-state index is 13.1. The number of nitrogens with zero attached hydrogens (tertiary/aromatic N) is 3. The third-order valence-corrected chi connectivity index (χ3v) is 4.89. The van der Waals surface area contributed by atoms with E-state index in [0.29, 0.717) is 0 Å². The van der Waals surface area contributed by atoms with Crippen LogP contribution in [0.25, 0.3) is 0 Å². The van der Waals surface area contributed by atoms with Gasteiger partial charge in [-0.2, -0.15) is 5.10 Å². The molecule has 1 aliphatic rings. The SMILES string of the molecule is CC(c1ccc(F)cc1)N(C)C(=O)Cn1nc2c(cc1=O)CCCC2. The number of hydrogen-bond acceptors (Lipinski definition) is 3. The molecule has 2 aromatic rings. The maximum Gasteiger partial charge on any atom is 0.267 e. The van der Waals surface area contributed by atoms with Crippen molar-refractivity contribution in [2.45, 2.75) is 45.2 Å². The number of rotatable bonds is 4. The van der Waals surface area contributed by atoms with Crippen LogP contribution in [0.3, 0.4) is 0 Å². The maximum atomic E-state index is 13.1. The highest BCUT2D eigenvalue weighted by molar-refractivity contribution is 5.76. The van der Waals surface area contributed by atoms with Crippen LogP contribution in [0.4, 0.5) is 4.39 Å². The molecule has 3 rings (SSSR count).